The highest BCUT2D eigenvalue weighted by Crippen LogP contribution is 2.36. The van der Waals surface area contributed by atoms with Crippen LogP contribution < -0.4 is 14.8 Å². The minimum atomic E-state index is -0.862. The van der Waals surface area contributed by atoms with E-state index < -0.39 is 5.97 Å². The van der Waals surface area contributed by atoms with Gasteiger partial charge in [-0.05, 0) is 18.2 Å². The Labute approximate surface area is 146 Å². The van der Waals surface area contributed by atoms with Crippen molar-refractivity contribution in [3.63, 3.8) is 0 Å². The van der Waals surface area contributed by atoms with Gasteiger partial charge in [0.2, 0.25) is 6.79 Å². The number of hydrogen-bond donors (Lipinski definition) is 2. The largest absolute Gasteiger partial charge is 0.481 e. The summed E-state index contributed by atoms with van der Waals surface area (Å²) in [5, 5.41) is 13.7. The van der Waals surface area contributed by atoms with E-state index in [1.54, 1.807) is 5.38 Å². The van der Waals surface area contributed by atoms with Crippen LogP contribution in [0.5, 0.6) is 11.5 Å². The Bertz CT molecular complexity index is 762. The summed E-state index contributed by atoms with van der Waals surface area (Å²) in [6, 6.07) is 5.53. The molecule has 126 valence electrons. The zero-order chi connectivity index (χ0) is 16.9. The van der Waals surface area contributed by atoms with Gasteiger partial charge in [-0.2, -0.15) is 0 Å². The number of carboxylic acids is 1. The molecule has 0 atom stereocenters. The number of aromatic nitrogens is 1. The summed E-state index contributed by atoms with van der Waals surface area (Å²) < 4.78 is 10.6. The predicted octanol–water partition coefficient (Wildman–Crippen LogP) is 2.09. The average Bonchev–Trinajstić information content (AvgIpc) is 3.22. The molecule has 1 aliphatic rings. The molecular formula is C15H14N2O5S2. The van der Waals surface area contributed by atoms with Crippen LogP contribution in [0.1, 0.15) is 10.5 Å². The smallest absolute Gasteiger partial charge is 0.313 e. The topological polar surface area (TPSA) is 97.8 Å². The average molecular weight is 366 g/mol. The van der Waals surface area contributed by atoms with Gasteiger partial charge in [0.25, 0.3) is 5.91 Å². The molecule has 2 N–H and O–H groups in total. The van der Waals surface area contributed by atoms with Crippen molar-refractivity contribution < 1.29 is 24.2 Å². The van der Waals surface area contributed by atoms with Crippen molar-refractivity contribution in [1.29, 1.82) is 0 Å². The molecule has 9 heteroatoms. The van der Waals surface area contributed by atoms with Gasteiger partial charge in [0.1, 0.15) is 10.7 Å². The van der Waals surface area contributed by atoms with Crippen LogP contribution in [0.3, 0.4) is 0 Å². The van der Waals surface area contributed by atoms with Crippen molar-refractivity contribution in [3.8, 4) is 22.1 Å². The number of rotatable bonds is 7. The summed E-state index contributed by atoms with van der Waals surface area (Å²) in [4.78, 5) is 26.8. The summed E-state index contributed by atoms with van der Waals surface area (Å²) in [5.41, 5.74) is 1.20. The number of carbonyl (C=O) groups is 2. The van der Waals surface area contributed by atoms with E-state index in [0.29, 0.717) is 29.5 Å². The number of ether oxygens (including phenoxy) is 2. The van der Waals surface area contributed by atoms with Crippen LogP contribution >= 0.6 is 23.1 Å². The molecule has 1 amide bonds. The summed E-state index contributed by atoms with van der Waals surface area (Å²) in [5.74, 6) is 0.808. The lowest BCUT2D eigenvalue weighted by atomic mass is 10.2. The lowest BCUT2D eigenvalue weighted by Gasteiger charge is -2.02. The van der Waals surface area contributed by atoms with Gasteiger partial charge in [-0.1, -0.05) is 0 Å². The molecule has 0 unspecified atom stereocenters. The van der Waals surface area contributed by atoms with Crippen molar-refractivity contribution >= 4 is 35.0 Å². The van der Waals surface area contributed by atoms with Gasteiger partial charge < -0.3 is 19.9 Å². The van der Waals surface area contributed by atoms with Crippen molar-refractivity contribution in [3.05, 3.63) is 29.3 Å². The van der Waals surface area contributed by atoms with Gasteiger partial charge in [-0.15, -0.1) is 23.1 Å². The van der Waals surface area contributed by atoms with Crippen LogP contribution in [-0.4, -0.2) is 46.8 Å². The Morgan fingerprint density at radius 1 is 1.33 bits per heavy atom. The highest BCUT2D eigenvalue weighted by atomic mass is 32.2. The van der Waals surface area contributed by atoms with E-state index in [9.17, 15) is 9.59 Å². The van der Waals surface area contributed by atoms with Crippen LogP contribution in [0.25, 0.3) is 10.6 Å². The molecule has 1 aromatic carbocycles. The van der Waals surface area contributed by atoms with Gasteiger partial charge in [0.15, 0.2) is 11.5 Å². The second-order valence-corrected chi connectivity index (χ2v) is 6.77. The Hall–Kier alpha value is -2.26. The summed E-state index contributed by atoms with van der Waals surface area (Å²) in [6.07, 6.45) is 0. The van der Waals surface area contributed by atoms with Crippen molar-refractivity contribution in [1.82, 2.24) is 10.3 Å². The van der Waals surface area contributed by atoms with Gasteiger partial charge in [-0.25, -0.2) is 4.98 Å². The van der Waals surface area contributed by atoms with Crippen LogP contribution in [0, 0.1) is 0 Å². The van der Waals surface area contributed by atoms with Gasteiger partial charge in [0.05, 0.1) is 5.75 Å². The van der Waals surface area contributed by atoms with Crippen LogP contribution in [0.15, 0.2) is 23.6 Å². The molecule has 24 heavy (non-hydrogen) atoms. The Balaban J connectivity index is 1.57. The summed E-state index contributed by atoms with van der Waals surface area (Å²) in [6.45, 7) is 0.609. The fourth-order valence-electron chi connectivity index (χ4n) is 2.03. The highest BCUT2D eigenvalue weighted by Gasteiger charge is 2.16. The predicted molar refractivity (Wildman–Crippen MR) is 91.0 cm³/mol. The standard InChI is InChI=1S/C15H14N2O5S2/c18-13(19)7-23-4-3-16-14(20)10-6-24-15(17-10)9-1-2-11-12(5-9)22-8-21-11/h1-2,5-6H,3-4,7-8H2,(H,16,20)(H,18,19). The molecule has 0 fully saturated rings. The number of carbonyl (C=O) groups excluding carboxylic acids is 1. The lowest BCUT2D eigenvalue weighted by molar-refractivity contribution is -0.133. The lowest BCUT2D eigenvalue weighted by Crippen LogP contribution is -2.26. The maximum absolute atomic E-state index is 12.0. The normalized spacial score (nSPS) is 12.2. The molecule has 0 bridgehead atoms. The summed E-state index contributed by atoms with van der Waals surface area (Å²) >= 11 is 2.63. The Morgan fingerprint density at radius 2 is 2.17 bits per heavy atom. The minimum absolute atomic E-state index is 0.0286. The molecule has 2 aromatic rings. The fraction of sp³-hybridized carbons (Fsp3) is 0.267. The number of nitrogens with one attached hydrogen (secondary N) is 1. The van der Waals surface area contributed by atoms with Crippen LogP contribution in [-0.2, 0) is 4.79 Å². The number of carboxylic acid groups (broad SMARTS) is 1. The summed E-state index contributed by atoms with van der Waals surface area (Å²) in [7, 11) is 0. The second kappa shape index (κ2) is 7.54. The number of nitrogens with zero attached hydrogens (tertiary/aromatic N) is 1. The molecule has 2 heterocycles. The van der Waals surface area contributed by atoms with E-state index in [-0.39, 0.29) is 18.5 Å². The molecule has 0 aliphatic carbocycles. The third kappa shape index (κ3) is 3.98. The van der Waals surface area contributed by atoms with Crippen molar-refractivity contribution in [2.24, 2.45) is 0 Å². The quantitative estimate of drug-likeness (QED) is 0.724. The first-order valence-corrected chi connectivity index (χ1v) is 9.10. The SMILES string of the molecule is O=C(O)CSCCNC(=O)c1csc(-c2ccc3c(c2)OCO3)n1. The number of fused-ring (bicyclic) bond motifs is 1. The van der Waals surface area contributed by atoms with E-state index in [4.69, 9.17) is 14.6 Å². The van der Waals surface area contributed by atoms with E-state index in [2.05, 4.69) is 10.3 Å². The van der Waals surface area contributed by atoms with Crippen molar-refractivity contribution in [2.75, 3.05) is 24.8 Å². The number of thioether (sulfide) groups is 1. The van der Waals surface area contributed by atoms with E-state index in [0.717, 1.165) is 10.6 Å². The van der Waals surface area contributed by atoms with Gasteiger partial charge in [-0.3, -0.25) is 9.59 Å². The molecule has 1 aliphatic heterocycles. The first kappa shape index (κ1) is 16.6. The Kier molecular flexibility index (Phi) is 5.21. The fourth-order valence-corrected chi connectivity index (χ4v) is 3.39. The van der Waals surface area contributed by atoms with Gasteiger partial charge in [0, 0.05) is 23.2 Å². The third-order valence-corrected chi connectivity index (χ3v) is 4.95. The number of thiazole rings is 1. The minimum Gasteiger partial charge on any atom is -0.481 e. The molecule has 0 radical (unpaired) electrons. The number of hydrogen-bond acceptors (Lipinski definition) is 7. The number of benzene rings is 1. The molecule has 7 nitrogen and oxygen atoms in total. The molecule has 0 spiro atoms. The molecule has 1 aromatic heterocycles. The van der Waals surface area contributed by atoms with Crippen LogP contribution in [0.2, 0.25) is 0 Å². The number of aliphatic carboxylic acids is 1. The second-order valence-electron chi connectivity index (χ2n) is 4.81. The first-order valence-electron chi connectivity index (χ1n) is 7.07. The maximum atomic E-state index is 12.0. The maximum Gasteiger partial charge on any atom is 0.313 e. The molecule has 3 rings (SSSR count). The van der Waals surface area contributed by atoms with Gasteiger partial charge >= 0.3 is 5.97 Å². The Morgan fingerprint density at radius 3 is 3.00 bits per heavy atom. The molecular weight excluding hydrogens is 352 g/mol. The van der Waals surface area contributed by atoms with Crippen molar-refractivity contribution in [2.45, 2.75) is 0 Å². The van der Waals surface area contributed by atoms with E-state index >= 15 is 0 Å². The third-order valence-electron chi connectivity index (χ3n) is 3.11. The van der Waals surface area contributed by atoms with Crippen LogP contribution in [0.4, 0.5) is 0 Å². The van der Waals surface area contributed by atoms with E-state index in [1.807, 2.05) is 18.2 Å². The highest BCUT2D eigenvalue weighted by molar-refractivity contribution is 7.99. The van der Waals surface area contributed by atoms with E-state index in [1.165, 1.54) is 23.1 Å². The monoisotopic (exact) mass is 366 g/mol. The number of amides is 1. The zero-order valence-corrected chi connectivity index (χ0v) is 14.1. The molecule has 0 saturated carbocycles. The zero-order valence-electron chi connectivity index (χ0n) is 12.5. The first-order chi connectivity index (χ1) is 11.6. The molecule has 0 saturated heterocycles.